The van der Waals surface area contributed by atoms with Crippen molar-refractivity contribution in [2.75, 3.05) is 0 Å². The monoisotopic (exact) mass is 222 g/mol. The van der Waals surface area contributed by atoms with Crippen molar-refractivity contribution in [1.29, 1.82) is 0 Å². The zero-order chi connectivity index (χ0) is 11.9. The molecule has 1 N–H and O–H groups in total. The van der Waals surface area contributed by atoms with Gasteiger partial charge in [-0.1, -0.05) is 54.6 Å². The van der Waals surface area contributed by atoms with Crippen molar-refractivity contribution in [3.05, 3.63) is 77.4 Å². The highest BCUT2D eigenvalue weighted by Gasteiger charge is 2.35. The molecule has 0 radical (unpaired) electrons. The molecule has 2 aromatic rings. The number of benzene rings is 2. The van der Waals surface area contributed by atoms with E-state index in [0.29, 0.717) is 0 Å². The van der Waals surface area contributed by atoms with Crippen LogP contribution < -0.4 is 0 Å². The average molecular weight is 222 g/mol. The van der Waals surface area contributed by atoms with Gasteiger partial charge in [-0.3, -0.25) is 0 Å². The molecule has 0 fully saturated rings. The Morgan fingerprint density at radius 2 is 1.53 bits per heavy atom. The summed E-state index contributed by atoms with van der Waals surface area (Å²) in [5, 5.41) is 10.9. The van der Waals surface area contributed by atoms with Gasteiger partial charge in [-0.2, -0.15) is 0 Å². The number of hydrogen-bond donors (Lipinski definition) is 1. The van der Waals surface area contributed by atoms with Crippen molar-refractivity contribution in [2.24, 2.45) is 0 Å². The summed E-state index contributed by atoms with van der Waals surface area (Å²) >= 11 is 0. The van der Waals surface area contributed by atoms with Crippen LogP contribution in [-0.2, 0) is 5.60 Å². The Balaban J connectivity index is 2.24. The van der Waals surface area contributed by atoms with Crippen LogP contribution in [0.25, 0.3) is 5.57 Å². The zero-order valence-electron chi connectivity index (χ0n) is 9.72. The van der Waals surface area contributed by atoms with E-state index in [2.05, 4.69) is 6.07 Å². The highest BCUT2D eigenvalue weighted by atomic mass is 16.3. The Morgan fingerprint density at radius 1 is 0.882 bits per heavy atom. The first kappa shape index (κ1) is 10.3. The smallest absolute Gasteiger partial charge is 0.134 e. The largest absolute Gasteiger partial charge is 0.377 e. The predicted molar refractivity (Wildman–Crippen MR) is 69.5 cm³/mol. The Labute approximate surface area is 101 Å². The molecule has 0 saturated carbocycles. The molecule has 17 heavy (non-hydrogen) atoms. The van der Waals surface area contributed by atoms with Crippen LogP contribution in [0.15, 0.2) is 60.7 Å². The molecule has 2 aromatic carbocycles. The van der Waals surface area contributed by atoms with Gasteiger partial charge in [-0.05, 0) is 35.3 Å². The lowest BCUT2D eigenvalue weighted by Gasteiger charge is -2.23. The molecule has 1 nitrogen and oxygen atoms in total. The second-order valence-electron chi connectivity index (χ2n) is 4.51. The van der Waals surface area contributed by atoms with Crippen molar-refractivity contribution in [3.63, 3.8) is 0 Å². The van der Waals surface area contributed by atoms with Gasteiger partial charge in [0.2, 0.25) is 0 Å². The first-order chi connectivity index (χ1) is 8.22. The van der Waals surface area contributed by atoms with E-state index in [1.165, 1.54) is 0 Å². The summed E-state index contributed by atoms with van der Waals surface area (Å²) in [6.45, 7) is 2.04. The number of aliphatic hydroxyl groups is 1. The van der Waals surface area contributed by atoms with Gasteiger partial charge in [0.25, 0.3) is 0 Å². The van der Waals surface area contributed by atoms with Crippen LogP contribution in [0, 0.1) is 0 Å². The van der Waals surface area contributed by atoms with E-state index in [1.54, 1.807) is 0 Å². The molecule has 1 aliphatic carbocycles. The molecule has 3 rings (SSSR count). The molecule has 0 aromatic heterocycles. The Kier molecular flexibility index (Phi) is 2.17. The van der Waals surface area contributed by atoms with Crippen LogP contribution in [0.5, 0.6) is 0 Å². The van der Waals surface area contributed by atoms with Crippen molar-refractivity contribution < 1.29 is 5.11 Å². The lowest BCUT2D eigenvalue weighted by Crippen LogP contribution is -2.22. The maximum atomic E-state index is 10.9. The van der Waals surface area contributed by atoms with Gasteiger partial charge >= 0.3 is 0 Å². The van der Waals surface area contributed by atoms with Crippen LogP contribution in [0.4, 0.5) is 0 Å². The summed E-state index contributed by atoms with van der Waals surface area (Å²) in [7, 11) is 0. The van der Waals surface area contributed by atoms with Crippen LogP contribution in [0.2, 0.25) is 0 Å². The molecule has 1 heteroatoms. The highest BCUT2D eigenvalue weighted by molar-refractivity contribution is 5.76. The normalized spacial score (nSPS) is 22.1. The fourth-order valence-corrected chi connectivity index (χ4v) is 2.56. The van der Waals surface area contributed by atoms with E-state index in [1.807, 2.05) is 61.5 Å². The lowest BCUT2D eigenvalue weighted by molar-refractivity contribution is 0.138. The molecule has 1 atom stereocenters. The Hall–Kier alpha value is -1.86. The van der Waals surface area contributed by atoms with Crippen molar-refractivity contribution >= 4 is 5.57 Å². The van der Waals surface area contributed by atoms with Crippen LogP contribution in [0.3, 0.4) is 0 Å². The third kappa shape index (κ3) is 1.43. The molecule has 0 saturated heterocycles. The molecule has 1 aliphatic rings. The van der Waals surface area contributed by atoms with Crippen LogP contribution in [-0.4, -0.2) is 5.11 Å². The summed E-state index contributed by atoms with van der Waals surface area (Å²) in [6, 6.07) is 17.8. The van der Waals surface area contributed by atoms with E-state index < -0.39 is 5.60 Å². The Morgan fingerprint density at radius 3 is 2.29 bits per heavy atom. The van der Waals surface area contributed by atoms with Crippen molar-refractivity contribution in [2.45, 2.75) is 12.5 Å². The zero-order valence-corrected chi connectivity index (χ0v) is 9.72. The number of fused-ring (bicyclic) bond motifs is 1. The van der Waals surface area contributed by atoms with Gasteiger partial charge in [-0.25, -0.2) is 0 Å². The lowest BCUT2D eigenvalue weighted by atomic mass is 9.88. The van der Waals surface area contributed by atoms with Crippen molar-refractivity contribution in [1.82, 2.24) is 0 Å². The van der Waals surface area contributed by atoms with Crippen LogP contribution in [0.1, 0.15) is 23.6 Å². The summed E-state index contributed by atoms with van der Waals surface area (Å²) in [5.41, 5.74) is 3.20. The third-order valence-corrected chi connectivity index (χ3v) is 3.40. The highest BCUT2D eigenvalue weighted by Crippen LogP contribution is 2.42. The topological polar surface area (TPSA) is 20.2 Å². The maximum Gasteiger partial charge on any atom is 0.134 e. The van der Waals surface area contributed by atoms with E-state index in [4.69, 9.17) is 0 Å². The number of allylic oxidation sites excluding steroid dienone is 1. The first-order valence-electron chi connectivity index (χ1n) is 5.79. The molecule has 0 aliphatic heterocycles. The third-order valence-electron chi connectivity index (χ3n) is 3.40. The van der Waals surface area contributed by atoms with Gasteiger partial charge in [-0.15, -0.1) is 0 Å². The standard InChI is InChI=1S/C16H14O/c1-12-11-16(17,13-7-3-2-4-8-13)15-10-6-5-9-14(12)15/h2-11,17H,1H3. The Bertz CT molecular complexity index is 583. The average Bonchev–Trinajstić information content (AvgIpc) is 2.65. The van der Waals surface area contributed by atoms with Gasteiger partial charge in [0.15, 0.2) is 0 Å². The maximum absolute atomic E-state index is 10.9. The molecule has 0 spiro atoms. The quantitative estimate of drug-likeness (QED) is 0.784. The molecular formula is C16H14O. The first-order valence-corrected chi connectivity index (χ1v) is 5.79. The van der Waals surface area contributed by atoms with Gasteiger partial charge in [0.1, 0.15) is 5.60 Å². The summed E-state index contributed by atoms with van der Waals surface area (Å²) in [6.07, 6.45) is 1.94. The molecule has 1 unspecified atom stereocenters. The van der Waals surface area contributed by atoms with E-state index in [-0.39, 0.29) is 0 Å². The predicted octanol–water partition coefficient (Wildman–Crippen LogP) is 3.34. The van der Waals surface area contributed by atoms with E-state index in [0.717, 1.165) is 22.3 Å². The fraction of sp³-hybridized carbons (Fsp3) is 0.125. The SMILES string of the molecule is CC1=CC(O)(c2ccccc2)c2ccccc21. The summed E-state index contributed by atoms with van der Waals surface area (Å²) < 4.78 is 0. The molecular weight excluding hydrogens is 208 g/mol. The summed E-state index contributed by atoms with van der Waals surface area (Å²) in [4.78, 5) is 0. The fourth-order valence-electron chi connectivity index (χ4n) is 2.56. The second-order valence-corrected chi connectivity index (χ2v) is 4.51. The van der Waals surface area contributed by atoms with E-state index in [9.17, 15) is 5.11 Å². The second kappa shape index (κ2) is 3.57. The number of rotatable bonds is 1. The van der Waals surface area contributed by atoms with Crippen LogP contribution >= 0.6 is 0 Å². The van der Waals surface area contributed by atoms with Gasteiger partial charge < -0.3 is 5.11 Å². The molecule has 0 heterocycles. The van der Waals surface area contributed by atoms with Gasteiger partial charge in [0.05, 0.1) is 0 Å². The number of hydrogen-bond acceptors (Lipinski definition) is 1. The van der Waals surface area contributed by atoms with Crippen molar-refractivity contribution in [3.8, 4) is 0 Å². The molecule has 0 bridgehead atoms. The molecule has 0 amide bonds. The minimum atomic E-state index is -0.970. The minimum Gasteiger partial charge on any atom is -0.377 e. The molecule has 84 valence electrons. The van der Waals surface area contributed by atoms with Gasteiger partial charge in [0, 0.05) is 0 Å². The van der Waals surface area contributed by atoms with E-state index >= 15 is 0 Å². The minimum absolute atomic E-state index is 0.921. The summed E-state index contributed by atoms with van der Waals surface area (Å²) in [5.74, 6) is 0.